The second-order valence-corrected chi connectivity index (χ2v) is 4.89. The Bertz CT molecular complexity index is 192. The molecule has 1 N–H and O–H groups in total. The van der Waals surface area contributed by atoms with E-state index in [1.165, 1.54) is 0 Å². The standard InChI is InChI=1S/C10H18O2/c1-9(2)5-4-6-10(3,12)8(11)7-9/h12H,4-7H2,1-3H3/t10-/m0/s1. The van der Waals surface area contributed by atoms with E-state index in [0.717, 1.165) is 12.8 Å². The average Bonchev–Trinajstić information content (AvgIpc) is 1.90. The van der Waals surface area contributed by atoms with Crippen LogP contribution >= 0.6 is 0 Å². The highest BCUT2D eigenvalue weighted by molar-refractivity contribution is 5.87. The van der Waals surface area contributed by atoms with Crippen molar-refractivity contribution in [1.29, 1.82) is 0 Å². The number of aliphatic hydroxyl groups is 1. The molecular formula is C10H18O2. The number of carbonyl (C=O) groups is 1. The molecule has 0 aliphatic heterocycles. The molecule has 2 heteroatoms. The van der Waals surface area contributed by atoms with Gasteiger partial charge in [-0.25, -0.2) is 0 Å². The van der Waals surface area contributed by atoms with Gasteiger partial charge in [0, 0.05) is 6.42 Å². The molecule has 70 valence electrons. The summed E-state index contributed by atoms with van der Waals surface area (Å²) in [5.41, 5.74) is -0.981. The van der Waals surface area contributed by atoms with Gasteiger partial charge in [0.1, 0.15) is 5.60 Å². The van der Waals surface area contributed by atoms with Crippen molar-refractivity contribution in [3.8, 4) is 0 Å². The fourth-order valence-electron chi connectivity index (χ4n) is 1.76. The fraction of sp³-hybridized carbons (Fsp3) is 0.900. The lowest BCUT2D eigenvalue weighted by Gasteiger charge is -2.22. The third kappa shape index (κ3) is 2.07. The fourth-order valence-corrected chi connectivity index (χ4v) is 1.76. The molecule has 1 saturated carbocycles. The normalized spacial score (nSPS) is 36.2. The summed E-state index contributed by atoms with van der Waals surface area (Å²) in [6.07, 6.45) is 3.12. The number of hydrogen-bond acceptors (Lipinski definition) is 2. The van der Waals surface area contributed by atoms with Crippen molar-refractivity contribution in [2.75, 3.05) is 0 Å². The number of ketones is 1. The predicted octanol–water partition coefficient (Wildman–Crippen LogP) is 1.91. The van der Waals surface area contributed by atoms with Gasteiger partial charge in [0.15, 0.2) is 5.78 Å². The molecule has 0 amide bonds. The first kappa shape index (κ1) is 9.72. The lowest BCUT2D eigenvalue weighted by Crippen LogP contribution is -2.35. The van der Waals surface area contributed by atoms with Crippen LogP contribution in [-0.4, -0.2) is 16.5 Å². The largest absolute Gasteiger partial charge is 0.382 e. The Morgan fingerprint density at radius 3 is 2.42 bits per heavy atom. The molecule has 1 fully saturated rings. The molecule has 0 saturated heterocycles. The van der Waals surface area contributed by atoms with E-state index in [9.17, 15) is 9.90 Å². The van der Waals surface area contributed by atoms with Crippen molar-refractivity contribution in [2.24, 2.45) is 5.41 Å². The molecule has 1 rings (SSSR count). The van der Waals surface area contributed by atoms with Crippen LogP contribution in [0.3, 0.4) is 0 Å². The highest BCUT2D eigenvalue weighted by Gasteiger charge is 2.37. The van der Waals surface area contributed by atoms with Crippen molar-refractivity contribution in [2.45, 2.75) is 52.1 Å². The van der Waals surface area contributed by atoms with Gasteiger partial charge in [-0.2, -0.15) is 0 Å². The van der Waals surface area contributed by atoms with E-state index in [0.29, 0.717) is 12.8 Å². The minimum Gasteiger partial charge on any atom is -0.382 e. The predicted molar refractivity (Wildman–Crippen MR) is 47.9 cm³/mol. The molecular weight excluding hydrogens is 152 g/mol. The first-order valence-corrected chi connectivity index (χ1v) is 4.59. The van der Waals surface area contributed by atoms with Crippen molar-refractivity contribution in [3.63, 3.8) is 0 Å². The van der Waals surface area contributed by atoms with Gasteiger partial charge >= 0.3 is 0 Å². The zero-order valence-electron chi connectivity index (χ0n) is 8.18. The van der Waals surface area contributed by atoms with Gasteiger partial charge in [0.2, 0.25) is 0 Å². The highest BCUT2D eigenvalue weighted by Crippen LogP contribution is 2.35. The zero-order chi connectivity index (χ0) is 9.41. The Hall–Kier alpha value is -0.370. The van der Waals surface area contributed by atoms with Gasteiger partial charge in [-0.15, -0.1) is 0 Å². The molecule has 0 radical (unpaired) electrons. The minimum absolute atomic E-state index is 0.00463. The lowest BCUT2D eigenvalue weighted by atomic mass is 9.84. The summed E-state index contributed by atoms with van der Waals surface area (Å²) in [4.78, 5) is 11.5. The third-order valence-corrected chi connectivity index (χ3v) is 2.76. The van der Waals surface area contributed by atoms with E-state index in [1.807, 2.05) is 0 Å². The monoisotopic (exact) mass is 170 g/mol. The lowest BCUT2D eigenvalue weighted by molar-refractivity contribution is -0.136. The maximum absolute atomic E-state index is 11.5. The van der Waals surface area contributed by atoms with Crippen LogP contribution in [0.5, 0.6) is 0 Å². The van der Waals surface area contributed by atoms with E-state index in [4.69, 9.17) is 0 Å². The van der Waals surface area contributed by atoms with Gasteiger partial charge in [0.05, 0.1) is 0 Å². The van der Waals surface area contributed by atoms with Gasteiger partial charge in [0.25, 0.3) is 0 Å². The van der Waals surface area contributed by atoms with E-state index >= 15 is 0 Å². The molecule has 0 unspecified atom stereocenters. The molecule has 2 nitrogen and oxygen atoms in total. The summed E-state index contributed by atoms with van der Waals surface area (Å²) in [6.45, 7) is 5.81. The number of rotatable bonds is 0. The van der Waals surface area contributed by atoms with Crippen LogP contribution in [0.25, 0.3) is 0 Å². The van der Waals surface area contributed by atoms with Crippen LogP contribution in [0, 0.1) is 5.41 Å². The Morgan fingerprint density at radius 1 is 1.25 bits per heavy atom. The summed E-state index contributed by atoms with van der Waals surface area (Å²) in [5, 5.41) is 9.71. The summed E-state index contributed by atoms with van der Waals surface area (Å²) < 4.78 is 0. The Kier molecular flexibility index (Phi) is 2.30. The van der Waals surface area contributed by atoms with E-state index in [1.54, 1.807) is 6.92 Å². The Balaban J connectivity index is 2.77. The molecule has 1 aliphatic rings. The number of Topliss-reactive ketones (excluding diaryl/α,β-unsaturated/α-hetero) is 1. The first-order valence-electron chi connectivity index (χ1n) is 4.59. The van der Waals surface area contributed by atoms with Crippen LogP contribution in [0.4, 0.5) is 0 Å². The number of hydrogen-bond donors (Lipinski definition) is 1. The summed E-state index contributed by atoms with van der Waals surface area (Å²) in [6, 6.07) is 0. The van der Waals surface area contributed by atoms with Crippen LogP contribution in [-0.2, 0) is 4.79 Å². The van der Waals surface area contributed by atoms with Gasteiger partial charge in [-0.1, -0.05) is 13.8 Å². The van der Waals surface area contributed by atoms with Crippen LogP contribution in [0.2, 0.25) is 0 Å². The van der Waals surface area contributed by atoms with Crippen molar-refractivity contribution in [3.05, 3.63) is 0 Å². The van der Waals surface area contributed by atoms with Crippen LogP contribution in [0.15, 0.2) is 0 Å². The SMILES string of the molecule is CC1(C)CCC[C@](C)(O)C(=O)C1. The number of carbonyl (C=O) groups excluding carboxylic acids is 1. The molecule has 1 aliphatic carbocycles. The molecule has 1 atom stereocenters. The third-order valence-electron chi connectivity index (χ3n) is 2.76. The maximum atomic E-state index is 11.5. The van der Waals surface area contributed by atoms with E-state index < -0.39 is 5.60 Å². The highest BCUT2D eigenvalue weighted by atomic mass is 16.3. The quantitative estimate of drug-likeness (QED) is 0.564. The average molecular weight is 170 g/mol. The first-order chi connectivity index (χ1) is 5.33. The van der Waals surface area contributed by atoms with E-state index in [2.05, 4.69) is 13.8 Å². The topological polar surface area (TPSA) is 37.3 Å². The molecule has 0 heterocycles. The Labute approximate surface area is 74.0 Å². The maximum Gasteiger partial charge on any atom is 0.164 e. The smallest absolute Gasteiger partial charge is 0.164 e. The molecule has 0 aromatic heterocycles. The second-order valence-electron chi connectivity index (χ2n) is 4.89. The molecule has 0 aromatic carbocycles. The van der Waals surface area contributed by atoms with Gasteiger partial charge < -0.3 is 5.11 Å². The van der Waals surface area contributed by atoms with E-state index in [-0.39, 0.29) is 11.2 Å². The Morgan fingerprint density at radius 2 is 1.83 bits per heavy atom. The summed E-state index contributed by atoms with van der Waals surface area (Å²) in [5.74, 6) is 0.00463. The zero-order valence-corrected chi connectivity index (χ0v) is 8.18. The van der Waals surface area contributed by atoms with Gasteiger partial charge in [-0.3, -0.25) is 4.79 Å². The minimum atomic E-state index is -1.06. The van der Waals surface area contributed by atoms with Crippen LogP contribution < -0.4 is 0 Å². The van der Waals surface area contributed by atoms with Crippen molar-refractivity contribution in [1.82, 2.24) is 0 Å². The second kappa shape index (κ2) is 2.84. The summed E-state index contributed by atoms with van der Waals surface area (Å²) in [7, 11) is 0. The van der Waals surface area contributed by atoms with Gasteiger partial charge in [-0.05, 0) is 31.6 Å². The molecule has 12 heavy (non-hydrogen) atoms. The molecule has 0 spiro atoms. The molecule has 0 aromatic rings. The van der Waals surface area contributed by atoms with Crippen molar-refractivity contribution < 1.29 is 9.90 Å². The van der Waals surface area contributed by atoms with Crippen LogP contribution in [0.1, 0.15) is 46.5 Å². The summed E-state index contributed by atoms with van der Waals surface area (Å²) >= 11 is 0. The molecule has 0 bridgehead atoms. The van der Waals surface area contributed by atoms with Crippen molar-refractivity contribution >= 4 is 5.78 Å².